The minimum absolute atomic E-state index is 0.679. The van der Waals surface area contributed by atoms with Gasteiger partial charge < -0.3 is 9.32 Å². The Bertz CT molecular complexity index is 2920. The van der Waals surface area contributed by atoms with Crippen LogP contribution in [0, 0.1) is 0 Å². The molecule has 54 heavy (non-hydrogen) atoms. The zero-order valence-corrected chi connectivity index (χ0v) is 29.3. The number of rotatable bonds is 7. The highest BCUT2D eigenvalue weighted by atomic mass is 16.3. The van der Waals surface area contributed by atoms with Gasteiger partial charge in [-0.05, 0) is 82.9 Å². The van der Waals surface area contributed by atoms with Crippen LogP contribution in [-0.2, 0) is 0 Å². The zero-order valence-electron chi connectivity index (χ0n) is 29.3. The first-order valence-electron chi connectivity index (χ1n) is 18.2. The van der Waals surface area contributed by atoms with Crippen LogP contribution in [0.1, 0.15) is 0 Å². The molecule has 0 saturated carbocycles. The SMILES string of the molecule is c1ccc(-c2cccc(N(c3ccccc3)c3ccc(-c4ccc5c(c4)oc4cccc(-c6nc(-c7ccccc7)c7ccccc7n6)c45)cc3)c2)cc1. The summed E-state index contributed by atoms with van der Waals surface area (Å²) in [5.41, 5.74) is 13.3. The molecule has 254 valence electrons. The number of nitrogens with zero attached hydrogens (tertiary/aromatic N) is 3. The molecular formula is C50H33N3O. The van der Waals surface area contributed by atoms with Gasteiger partial charge in [0.15, 0.2) is 5.82 Å². The Morgan fingerprint density at radius 2 is 0.963 bits per heavy atom. The molecule has 0 bridgehead atoms. The topological polar surface area (TPSA) is 42.2 Å². The molecule has 2 heterocycles. The minimum Gasteiger partial charge on any atom is -0.456 e. The molecule has 8 aromatic carbocycles. The third kappa shape index (κ3) is 5.67. The summed E-state index contributed by atoms with van der Waals surface area (Å²) in [6.45, 7) is 0. The second-order valence-electron chi connectivity index (χ2n) is 13.4. The van der Waals surface area contributed by atoms with Crippen molar-refractivity contribution in [2.45, 2.75) is 0 Å². The molecule has 0 aliphatic carbocycles. The van der Waals surface area contributed by atoms with E-state index in [4.69, 9.17) is 14.4 Å². The summed E-state index contributed by atoms with van der Waals surface area (Å²) in [7, 11) is 0. The molecule has 0 fully saturated rings. The van der Waals surface area contributed by atoms with Crippen LogP contribution in [0.15, 0.2) is 205 Å². The zero-order chi connectivity index (χ0) is 35.8. The van der Waals surface area contributed by atoms with Gasteiger partial charge in [0.25, 0.3) is 0 Å². The summed E-state index contributed by atoms with van der Waals surface area (Å²) >= 11 is 0. The van der Waals surface area contributed by atoms with E-state index >= 15 is 0 Å². The van der Waals surface area contributed by atoms with Crippen molar-refractivity contribution in [2.24, 2.45) is 0 Å². The number of furan rings is 1. The fraction of sp³-hybridized carbons (Fsp3) is 0. The second kappa shape index (κ2) is 13.4. The van der Waals surface area contributed by atoms with Gasteiger partial charge in [0.2, 0.25) is 0 Å². The largest absolute Gasteiger partial charge is 0.456 e. The third-order valence-electron chi connectivity index (χ3n) is 10.1. The maximum absolute atomic E-state index is 6.54. The lowest BCUT2D eigenvalue weighted by atomic mass is 10.0. The van der Waals surface area contributed by atoms with E-state index in [0.717, 1.165) is 77.9 Å². The highest BCUT2D eigenvalue weighted by molar-refractivity contribution is 6.13. The Hall–Kier alpha value is -7.30. The summed E-state index contributed by atoms with van der Waals surface area (Å²) in [5.74, 6) is 0.679. The highest BCUT2D eigenvalue weighted by Crippen LogP contribution is 2.40. The van der Waals surface area contributed by atoms with E-state index in [9.17, 15) is 0 Å². The van der Waals surface area contributed by atoms with Crippen LogP contribution in [0.2, 0.25) is 0 Å². The normalized spacial score (nSPS) is 11.3. The molecule has 0 amide bonds. The van der Waals surface area contributed by atoms with Crippen molar-refractivity contribution < 1.29 is 4.42 Å². The van der Waals surface area contributed by atoms with Crippen LogP contribution in [-0.4, -0.2) is 9.97 Å². The van der Waals surface area contributed by atoms with Crippen molar-refractivity contribution in [3.05, 3.63) is 200 Å². The van der Waals surface area contributed by atoms with Crippen LogP contribution >= 0.6 is 0 Å². The molecule has 0 aliphatic rings. The fourth-order valence-electron chi connectivity index (χ4n) is 7.49. The number of hydrogen-bond acceptors (Lipinski definition) is 4. The summed E-state index contributed by atoms with van der Waals surface area (Å²) in [5, 5.41) is 3.08. The van der Waals surface area contributed by atoms with Crippen molar-refractivity contribution in [2.75, 3.05) is 4.90 Å². The minimum atomic E-state index is 0.679. The molecule has 0 spiro atoms. The number of fused-ring (bicyclic) bond motifs is 4. The molecule has 4 nitrogen and oxygen atoms in total. The monoisotopic (exact) mass is 691 g/mol. The highest BCUT2D eigenvalue weighted by Gasteiger charge is 2.18. The second-order valence-corrected chi connectivity index (χ2v) is 13.4. The van der Waals surface area contributed by atoms with Gasteiger partial charge in [-0.15, -0.1) is 0 Å². The fourth-order valence-corrected chi connectivity index (χ4v) is 7.49. The van der Waals surface area contributed by atoms with Gasteiger partial charge >= 0.3 is 0 Å². The van der Waals surface area contributed by atoms with Gasteiger partial charge in [-0.25, -0.2) is 9.97 Å². The van der Waals surface area contributed by atoms with E-state index in [0.29, 0.717) is 5.82 Å². The van der Waals surface area contributed by atoms with Gasteiger partial charge in [-0.1, -0.05) is 140 Å². The van der Waals surface area contributed by atoms with Gasteiger partial charge in [0.05, 0.1) is 11.2 Å². The molecule has 4 heteroatoms. The van der Waals surface area contributed by atoms with E-state index in [2.05, 4.69) is 163 Å². The molecule has 0 saturated heterocycles. The van der Waals surface area contributed by atoms with E-state index in [-0.39, 0.29) is 0 Å². The van der Waals surface area contributed by atoms with Crippen molar-refractivity contribution in [1.29, 1.82) is 0 Å². The van der Waals surface area contributed by atoms with E-state index in [1.807, 2.05) is 42.5 Å². The Morgan fingerprint density at radius 1 is 0.370 bits per heavy atom. The van der Waals surface area contributed by atoms with Crippen LogP contribution in [0.4, 0.5) is 17.1 Å². The molecule has 2 aromatic heterocycles. The Balaban J connectivity index is 1.03. The number of hydrogen-bond donors (Lipinski definition) is 0. The van der Waals surface area contributed by atoms with Crippen LogP contribution < -0.4 is 4.90 Å². The molecule has 0 radical (unpaired) electrons. The summed E-state index contributed by atoms with van der Waals surface area (Å²) < 4.78 is 6.54. The number of aromatic nitrogens is 2. The van der Waals surface area contributed by atoms with E-state index in [1.165, 1.54) is 11.1 Å². The average Bonchev–Trinajstić information content (AvgIpc) is 3.63. The molecule has 10 aromatic rings. The van der Waals surface area contributed by atoms with Gasteiger partial charge in [-0.3, -0.25) is 0 Å². The first kappa shape index (κ1) is 31.4. The van der Waals surface area contributed by atoms with E-state index < -0.39 is 0 Å². The lowest BCUT2D eigenvalue weighted by Crippen LogP contribution is -2.09. The lowest BCUT2D eigenvalue weighted by molar-refractivity contribution is 0.669. The molecular weight excluding hydrogens is 659 g/mol. The van der Waals surface area contributed by atoms with Crippen LogP contribution in [0.25, 0.3) is 77.7 Å². The first-order chi connectivity index (χ1) is 26.8. The molecule has 10 rings (SSSR count). The smallest absolute Gasteiger partial charge is 0.161 e. The lowest BCUT2D eigenvalue weighted by Gasteiger charge is -2.26. The average molecular weight is 692 g/mol. The number of benzene rings is 8. The van der Waals surface area contributed by atoms with E-state index in [1.54, 1.807) is 0 Å². The van der Waals surface area contributed by atoms with Gasteiger partial charge in [0, 0.05) is 44.3 Å². The molecule has 0 aliphatic heterocycles. The quantitative estimate of drug-likeness (QED) is 0.167. The summed E-state index contributed by atoms with van der Waals surface area (Å²) in [4.78, 5) is 12.5. The maximum Gasteiger partial charge on any atom is 0.161 e. The van der Waals surface area contributed by atoms with Crippen molar-refractivity contribution in [3.8, 4) is 44.9 Å². The van der Waals surface area contributed by atoms with Crippen molar-refractivity contribution >= 4 is 49.9 Å². The first-order valence-corrected chi connectivity index (χ1v) is 18.2. The van der Waals surface area contributed by atoms with Crippen LogP contribution in [0.5, 0.6) is 0 Å². The summed E-state index contributed by atoms with van der Waals surface area (Å²) in [6, 6.07) is 69.7. The predicted octanol–water partition coefficient (Wildman–Crippen LogP) is 13.7. The van der Waals surface area contributed by atoms with Gasteiger partial charge in [-0.2, -0.15) is 0 Å². The number of anilines is 3. The predicted molar refractivity (Wildman–Crippen MR) is 223 cm³/mol. The molecule has 0 unspecified atom stereocenters. The Morgan fingerprint density at radius 3 is 1.76 bits per heavy atom. The van der Waals surface area contributed by atoms with Crippen molar-refractivity contribution in [1.82, 2.24) is 9.97 Å². The summed E-state index contributed by atoms with van der Waals surface area (Å²) in [6.07, 6.45) is 0. The number of para-hydroxylation sites is 2. The molecule has 0 atom stereocenters. The Kier molecular flexibility index (Phi) is 7.77. The van der Waals surface area contributed by atoms with Crippen LogP contribution in [0.3, 0.4) is 0 Å². The third-order valence-corrected chi connectivity index (χ3v) is 10.1. The maximum atomic E-state index is 6.54. The molecule has 0 N–H and O–H groups in total. The van der Waals surface area contributed by atoms with Gasteiger partial charge in [0.1, 0.15) is 11.2 Å². The standard InChI is InChI=1S/C50H33N3O/c1-4-14-34(15-5-1)37-18-12-21-41(32-37)53(39-19-8-3-9-20-39)40-29-26-35(27-30-40)38-28-31-43-47(33-38)54-46-25-13-23-44(48(43)46)50-51-45-24-11-10-22-42(45)49(52-50)36-16-6-2-7-17-36/h1-33H. The van der Waals surface area contributed by atoms with Crippen molar-refractivity contribution in [3.63, 3.8) is 0 Å². The Labute approximate surface area is 313 Å².